The van der Waals surface area contributed by atoms with Crippen molar-refractivity contribution >= 4 is 17.2 Å². The number of carbonyl (C=O) groups excluding carboxylic acids is 1. The lowest BCUT2D eigenvalue weighted by Crippen LogP contribution is -2.45. The number of thiophene rings is 1. The maximum absolute atomic E-state index is 12.5. The van der Waals surface area contributed by atoms with Gasteiger partial charge in [-0.2, -0.15) is 0 Å². The van der Waals surface area contributed by atoms with E-state index >= 15 is 0 Å². The Balaban J connectivity index is 1.28. The van der Waals surface area contributed by atoms with Crippen molar-refractivity contribution in [2.45, 2.75) is 63.8 Å². The van der Waals surface area contributed by atoms with Crippen LogP contribution < -0.4 is 5.32 Å². The molecule has 1 spiro atoms. The number of carbonyl (C=O) groups is 1. The lowest BCUT2D eigenvalue weighted by Gasteiger charge is -2.43. The normalized spacial score (nSPS) is 21.6. The van der Waals surface area contributed by atoms with E-state index in [1.165, 1.54) is 10.4 Å². The van der Waals surface area contributed by atoms with Gasteiger partial charge in [0, 0.05) is 43.3 Å². The summed E-state index contributed by atoms with van der Waals surface area (Å²) < 4.78 is 8.49. The second kappa shape index (κ2) is 7.28. The predicted molar refractivity (Wildman–Crippen MR) is 109 cm³/mol. The number of hydrogen-bond donors (Lipinski definition) is 1. The van der Waals surface area contributed by atoms with Crippen molar-refractivity contribution in [3.63, 3.8) is 0 Å². The molecule has 5 rings (SSSR count). The molecule has 4 heterocycles. The standard InChI is InChI=1S/C21H28N4O2S/c1-2-24-12-17(22-14-24)13-25-8-6-21(7-9-25)19-15(5-10-27-21)11-18(28-19)20(26)23-16-3-4-16/h11-12,14,16H,2-10,13H2,1H3,(H,23,26). The number of hydrogen-bond acceptors (Lipinski definition) is 5. The first kappa shape index (κ1) is 18.3. The number of amides is 1. The van der Waals surface area contributed by atoms with Gasteiger partial charge in [-0.3, -0.25) is 9.69 Å². The minimum Gasteiger partial charge on any atom is -0.369 e. The second-order valence-corrected chi connectivity index (χ2v) is 9.33. The van der Waals surface area contributed by atoms with E-state index in [2.05, 4.69) is 39.0 Å². The summed E-state index contributed by atoms with van der Waals surface area (Å²) in [6.45, 7) is 6.75. The third kappa shape index (κ3) is 3.51. The molecule has 0 bridgehead atoms. The van der Waals surface area contributed by atoms with Crippen molar-refractivity contribution in [3.8, 4) is 0 Å². The minimum atomic E-state index is -0.199. The summed E-state index contributed by atoms with van der Waals surface area (Å²) in [5.41, 5.74) is 2.26. The summed E-state index contributed by atoms with van der Waals surface area (Å²) >= 11 is 1.66. The third-order valence-corrected chi connectivity index (χ3v) is 7.57. The Morgan fingerprint density at radius 3 is 2.93 bits per heavy atom. The van der Waals surface area contributed by atoms with Crippen LogP contribution in [-0.2, 0) is 29.8 Å². The second-order valence-electron chi connectivity index (χ2n) is 8.28. The van der Waals surface area contributed by atoms with Crippen LogP contribution in [0.15, 0.2) is 18.6 Å². The molecular weight excluding hydrogens is 372 g/mol. The number of imidazole rings is 1. The number of fused-ring (bicyclic) bond motifs is 2. The number of ether oxygens (including phenoxy) is 1. The van der Waals surface area contributed by atoms with Crippen molar-refractivity contribution in [3.05, 3.63) is 39.6 Å². The van der Waals surface area contributed by atoms with Gasteiger partial charge in [-0.25, -0.2) is 4.98 Å². The lowest BCUT2D eigenvalue weighted by molar-refractivity contribution is -0.0961. The van der Waals surface area contributed by atoms with E-state index in [0.717, 1.165) is 75.5 Å². The fraction of sp³-hybridized carbons (Fsp3) is 0.619. The van der Waals surface area contributed by atoms with Crippen LogP contribution >= 0.6 is 11.3 Å². The molecule has 3 aliphatic rings. The molecule has 2 aliphatic heterocycles. The van der Waals surface area contributed by atoms with E-state index in [4.69, 9.17) is 4.74 Å². The summed E-state index contributed by atoms with van der Waals surface area (Å²) in [6.07, 6.45) is 9.19. The summed E-state index contributed by atoms with van der Waals surface area (Å²) in [6, 6.07) is 2.52. The van der Waals surface area contributed by atoms with Crippen LogP contribution in [0.4, 0.5) is 0 Å². The van der Waals surface area contributed by atoms with Gasteiger partial charge in [0.2, 0.25) is 0 Å². The molecule has 28 heavy (non-hydrogen) atoms. The van der Waals surface area contributed by atoms with Crippen LogP contribution in [0.1, 0.15) is 58.4 Å². The highest BCUT2D eigenvalue weighted by Gasteiger charge is 2.43. The molecule has 2 aromatic heterocycles. The topological polar surface area (TPSA) is 59.4 Å². The number of likely N-dealkylation sites (tertiary alicyclic amines) is 1. The Morgan fingerprint density at radius 2 is 2.21 bits per heavy atom. The summed E-state index contributed by atoms with van der Waals surface area (Å²) in [4.78, 5) is 21.7. The van der Waals surface area contributed by atoms with Gasteiger partial charge in [0.05, 0.1) is 23.5 Å². The van der Waals surface area contributed by atoms with Gasteiger partial charge in [-0.05, 0) is 50.7 Å². The van der Waals surface area contributed by atoms with Gasteiger partial charge in [0.15, 0.2) is 0 Å². The minimum absolute atomic E-state index is 0.0981. The zero-order valence-corrected chi connectivity index (χ0v) is 17.3. The first-order valence-electron chi connectivity index (χ1n) is 10.5. The zero-order valence-electron chi connectivity index (χ0n) is 16.4. The Morgan fingerprint density at radius 1 is 1.39 bits per heavy atom. The van der Waals surface area contributed by atoms with Gasteiger partial charge in [0.1, 0.15) is 5.60 Å². The summed E-state index contributed by atoms with van der Waals surface area (Å²) in [5, 5.41) is 3.13. The molecule has 1 amide bonds. The summed E-state index contributed by atoms with van der Waals surface area (Å²) in [5.74, 6) is 0.0981. The highest BCUT2D eigenvalue weighted by Crippen LogP contribution is 2.45. The van der Waals surface area contributed by atoms with Crippen molar-refractivity contribution in [1.29, 1.82) is 0 Å². The molecule has 0 radical (unpaired) electrons. The quantitative estimate of drug-likeness (QED) is 0.838. The van der Waals surface area contributed by atoms with Crippen molar-refractivity contribution in [2.24, 2.45) is 0 Å². The Labute approximate surface area is 169 Å². The van der Waals surface area contributed by atoms with E-state index in [-0.39, 0.29) is 11.5 Å². The summed E-state index contributed by atoms with van der Waals surface area (Å²) in [7, 11) is 0. The van der Waals surface area contributed by atoms with Crippen LogP contribution in [0.25, 0.3) is 0 Å². The Hall–Kier alpha value is -1.70. The van der Waals surface area contributed by atoms with E-state index < -0.39 is 0 Å². The van der Waals surface area contributed by atoms with Crippen LogP contribution in [0.3, 0.4) is 0 Å². The fourth-order valence-electron chi connectivity index (χ4n) is 4.35. The SMILES string of the molecule is CCn1cnc(CN2CCC3(CC2)OCCc2cc(C(=O)NC4CC4)sc23)c1. The first-order chi connectivity index (χ1) is 13.6. The lowest BCUT2D eigenvalue weighted by atomic mass is 9.85. The first-order valence-corrected chi connectivity index (χ1v) is 11.3. The molecule has 1 saturated carbocycles. The van der Waals surface area contributed by atoms with Gasteiger partial charge in [0.25, 0.3) is 5.91 Å². The average molecular weight is 401 g/mol. The fourth-order valence-corrected chi connectivity index (χ4v) is 5.67. The van der Waals surface area contributed by atoms with Crippen LogP contribution in [-0.4, -0.2) is 46.1 Å². The molecule has 1 aliphatic carbocycles. The molecule has 7 heteroatoms. The molecule has 0 unspecified atom stereocenters. The molecule has 150 valence electrons. The van der Waals surface area contributed by atoms with Crippen molar-refractivity contribution in [1.82, 2.24) is 19.8 Å². The number of aryl methyl sites for hydroxylation is 1. The van der Waals surface area contributed by atoms with E-state index in [0.29, 0.717) is 6.04 Å². The van der Waals surface area contributed by atoms with Crippen LogP contribution in [0, 0.1) is 0 Å². The van der Waals surface area contributed by atoms with Gasteiger partial charge >= 0.3 is 0 Å². The zero-order chi connectivity index (χ0) is 19.1. The maximum atomic E-state index is 12.5. The van der Waals surface area contributed by atoms with Crippen molar-refractivity contribution < 1.29 is 9.53 Å². The number of aromatic nitrogens is 2. The third-order valence-electron chi connectivity index (χ3n) is 6.21. The molecule has 1 saturated heterocycles. The van der Waals surface area contributed by atoms with E-state index in [1.54, 1.807) is 11.3 Å². The average Bonchev–Trinajstić information content (AvgIpc) is 3.22. The number of nitrogens with zero attached hydrogens (tertiary/aromatic N) is 3. The molecule has 6 nitrogen and oxygen atoms in total. The molecule has 0 atom stereocenters. The van der Waals surface area contributed by atoms with Gasteiger partial charge in [-0.15, -0.1) is 11.3 Å². The van der Waals surface area contributed by atoms with E-state index in [1.807, 2.05) is 6.33 Å². The molecule has 2 fully saturated rings. The monoisotopic (exact) mass is 400 g/mol. The predicted octanol–water partition coefficient (Wildman–Crippen LogP) is 2.92. The molecular formula is C21H28N4O2S. The Kier molecular flexibility index (Phi) is 4.77. The largest absolute Gasteiger partial charge is 0.369 e. The molecule has 0 aromatic carbocycles. The van der Waals surface area contributed by atoms with Crippen molar-refractivity contribution in [2.75, 3.05) is 19.7 Å². The number of piperidine rings is 1. The maximum Gasteiger partial charge on any atom is 0.261 e. The smallest absolute Gasteiger partial charge is 0.261 e. The molecule has 1 N–H and O–H groups in total. The number of nitrogens with one attached hydrogen (secondary N) is 1. The molecule has 2 aromatic rings. The van der Waals surface area contributed by atoms with Gasteiger partial charge < -0.3 is 14.6 Å². The highest BCUT2D eigenvalue weighted by atomic mass is 32.1. The van der Waals surface area contributed by atoms with Crippen LogP contribution in [0.2, 0.25) is 0 Å². The number of rotatable bonds is 5. The Bertz CT molecular complexity index is 862. The van der Waals surface area contributed by atoms with Crippen LogP contribution in [0.5, 0.6) is 0 Å². The highest BCUT2D eigenvalue weighted by molar-refractivity contribution is 7.14. The van der Waals surface area contributed by atoms with Gasteiger partial charge in [-0.1, -0.05) is 0 Å². The van der Waals surface area contributed by atoms with E-state index in [9.17, 15) is 4.79 Å².